The fraction of sp³-hybridized carbons (Fsp3) is 0.312. The quantitative estimate of drug-likeness (QED) is 0.266. The third kappa shape index (κ3) is 6.18. The van der Waals surface area contributed by atoms with Crippen LogP contribution < -0.4 is 14.4 Å². The van der Waals surface area contributed by atoms with Gasteiger partial charge in [-0.2, -0.15) is 0 Å². The van der Waals surface area contributed by atoms with Gasteiger partial charge in [0.1, 0.15) is 35.3 Å². The molecular weight excluding hydrogens is 537 g/mol. The number of piperidine rings is 1. The van der Waals surface area contributed by atoms with Crippen molar-refractivity contribution in [3.8, 4) is 17.2 Å². The maximum absolute atomic E-state index is 13.8. The molecule has 9 nitrogen and oxygen atoms in total. The van der Waals surface area contributed by atoms with Gasteiger partial charge in [0.2, 0.25) is 0 Å². The molecule has 0 amide bonds. The Kier molecular flexibility index (Phi) is 8.23. The van der Waals surface area contributed by atoms with Gasteiger partial charge in [0.25, 0.3) is 0 Å². The Balaban J connectivity index is 1.12. The van der Waals surface area contributed by atoms with Gasteiger partial charge in [0.05, 0.1) is 13.3 Å². The molecule has 0 saturated carbocycles. The lowest BCUT2D eigenvalue weighted by Crippen LogP contribution is -2.39. The molecule has 6 rings (SSSR count). The van der Waals surface area contributed by atoms with E-state index in [1.54, 1.807) is 6.20 Å². The number of nitrogens with zero attached hydrogens (tertiary/aromatic N) is 5. The summed E-state index contributed by atoms with van der Waals surface area (Å²) in [4.78, 5) is 30.0. The van der Waals surface area contributed by atoms with Gasteiger partial charge in [0, 0.05) is 69.4 Å². The third-order valence-corrected chi connectivity index (χ3v) is 7.66. The van der Waals surface area contributed by atoms with Crippen molar-refractivity contribution in [3.05, 3.63) is 102 Å². The number of methoxy groups -OCH3 is 1. The van der Waals surface area contributed by atoms with Crippen LogP contribution in [0.25, 0.3) is 0 Å². The largest absolute Gasteiger partial charge is 0.490 e. The van der Waals surface area contributed by atoms with Crippen molar-refractivity contribution in [2.75, 3.05) is 31.6 Å². The lowest BCUT2D eigenvalue weighted by Gasteiger charge is -2.35. The van der Waals surface area contributed by atoms with E-state index in [0.29, 0.717) is 24.7 Å². The molecule has 2 aliphatic heterocycles. The number of aromatic nitrogens is 3. The summed E-state index contributed by atoms with van der Waals surface area (Å²) in [6.07, 6.45) is 7.38. The number of fused-ring (bicyclic) bond motifs is 1. The lowest BCUT2D eigenvalue weighted by atomic mass is 10.0. The van der Waals surface area contributed by atoms with Crippen LogP contribution in [0.1, 0.15) is 40.0 Å². The number of hydrogen-bond donors (Lipinski definition) is 0. The van der Waals surface area contributed by atoms with E-state index in [1.807, 2.05) is 18.3 Å². The normalized spacial score (nSPS) is 15.6. The van der Waals surface area contributed by atoms with Crippen molar-refractivity contribution in [3.63, 3.8) is 0 Å². The smallest absolute Gasteiger partial charge is 0.341 e. The van der Waals surface area contributed by atoms with E-state index in [1.165, 1.54) is 36.7 Å². The molecule has 0 radical (unpaired) electrons. The van der Waals surface area contributed by atoms with Crippen molar-refractivity contribution < 1.29 is 23.4 Å². The highest BCUT2D eigenvalue weighted by Crippen LogP contribution is 2.35. The molecule has 2 aliphatic rings. The Hall–Kier alpha value is -4.57. The summed E-state index contributed by atoms with van der Waals surface area (Å²) in [5.74, 6) is 0.794. The molecule has 1 fully saturated rings. The van der Waals surface area contributed by atoms with Gasteiger partial charge >= 0.3 is 5.97 Å². The first kappa shape index (κ1) is 27.6. The van der Waals surface area contributed by atoms with Crippen LogP contribution in [0.4, 0.5) is 10.2 Å². The van der Waals surface area contributed by atoms with Gasteiger partial charge in [0.15, 0.2) is 11.6 Å². The van der Waals surface area contributed by atoms with Gasteiger partial charge in [-0.3, -0.25) is 9.88 Å². The van der Waals surface area contributed by atoms with Crippen molar-refractivity contribution in [2.24, 2.45) is 0 Å². The standard InChI is InChI=1S/C32H32FN5O4/c1-40-32(39)25-17-23(33)7-8-28(25)42-30-18-34-21-36-31(30)38-15-10-24(11-16-38)41-29-9-13-35-27-12-14-37(20-26(27)29)19-22-5-3-2-4-6-22/h2-9,13,17-18,21,24H,10-12,14-16,19-20H2,1H3. The van der Waals surface area contributed by atoms with Gasteiger partial charge in [-0.15, -0.1) is 0 Å². The second-order valence-corrected chi connectivity index (χ2v) is 10.4. The van der Waals surface area contributed by atoms with Crippen LogP contribution in [0.2, 0.25) is 0 Å². The Bertz CT molecular complexity index is 1550. The summed E-state index contributed by atoms with van der Waals surface area (Å²) in [5.41, 5.74) is 3.58. The predicted octanol–water partition coefficient (Wildman–Crippen LogP) is 5.20. The van der Waals surface area contributed by atoms with Crippen molar-refractivity contribution in [1.29, 1.82) is 0 Å². The number of carbonyl (C=O) groups is 1. The summed E-state index contributed by atoms with van der Waals surface area (Å²) in [7, 11) is 1.24. The zero-order valence-electron chi connectivity index (χ0n) is 23.4. The molecular formula is C32H32FN5O4. The average Bonchev–Trinajstić information content (AvgIpc) is 3.03. The molecule has 2 aromatic carbocycles. The van der Waals surface area contributed by atoms with E-state index >= 15 is 0 Å². The Morgan fingerprint density at radius 1 is 1.00 bits per heavy atom. The molecule has 0 atom stereocenters. The number of pyridine rings is 1. The molecule has 1 saturated heterocycles. The van der Waals surface area contributed by atoms with E-state index in [9.17, 15) is 9.18 Å². The van der Waals surface area contributed by atoms with Crippen LogP contribution >= 0.6 is 0 Å². The number of halogens is 1. The highest BCUT2D eigenvalue weighted by molar-refractivity contribution is 5.92. The fourth-order valence-electron chi connectivity index (χ4n) is 5.52. The van der Waals surface area contributed by atoms with Gasteiger partial charge < -0.3 is 19.1 Å². The summed E-state index contributed by atoms with van der Waals surface area (Å²) >= 11 is 0. The van der Waals surface area contributed by atoms with Crippen LogP contribution in [-0.2, 0) is 24.2 Å². The highest BCUT2D eigenvalue weighted by Gasteiger charge is 2.27. The molecule has 0 N–H and O–H groups in total. The Morgan fingerprint density at radius 2 is 1.83 bits per heavy atom. The topological polar surface area (TPSA) is 89.9 Å². The Labute approximate surface area is 243 Å². The highest BCUT2D eigenvalue weighted by atomic mass is 19.1. The number of rotatable bonds is 8. The summed E-state index contributed by atoms with van der Waals surface area (Å²) in [5, 5.41) is 0. The fourth-order valence-corrected chi connectivity index (χ4v) is 5.52. The zero-order chi connectivity index (χ0) is 28.9. The molecule has 4 aromatic rings. The van der Waals surface area contributed by atoms with Gasteiger partial charge in [-0.25, -0.2) is 19.2 Å². The minimum atomic E-state index is -0.692. The molecule has 0 spiro atoms. The second kappa shape index (κ2) is 12.5. The Morgan fingerprint density at radius 3 is 2.64 bits per heavy atom. The van der Waals surface area contributed by atoms with E-state index in [2.05, 4.69) is 49.0 Å². The van der Waals surface area contributed by atoms with Crippen LogP contribution in [0.3, 0.4) is 0 Å². The molecule has 4 heterocycles. The average molecular weight is 570 g/mol. The summed E-state index contributed by atoms with van der Waals surface area (Å²) in [6.45, 7) is 4.07. The summed E-state index contributed by atoms with van der Waals surface area (Å²) in [6, 6.07) is 16.2. The van der Waals surface area contributed by atoms with Crippen molar-refractivity contribution >= 4 is 11.8 Å². The maximum Gasteiger partial charge on any atom is 0.341 e. The second-order valence-electron chi connectivity index (χ2n) is 10.4. The first-order valence-electron chi connectivity index (χ1n) is 14.1. The molecule has 0 unspecified atom stereocenters. The number of anilines is 1. The van der Waals surface area contributed by atoms with Crippen LogP contribution in [0.5, 0.6) is 17.2 Å². The minimum absolute atomic E-state index is 0.0116. The monoisotopic (exact) mass is 569 g/mol. The number of esters is 1. The van der Waals surface area contributed by atoms with Gasteiger partial charge in [-0.05, 0) is 29.8 Å². The van der Waals surface area contributed by atoms with E-state index in [-0.39, 0.29) is 17.4 Å². The summed E-state index contributed by atoms with van der Waals surface area (Å²) < 4.78 is 31.2. The van der Waals surface area contributed by atoms with E-state index < -0.39 is 11.8 Å². The lowest BCUT2D eigenvalue weighted by molar-refractivity contribution is 0.0597. The van der Waals surface area contributed by atoms with Crippen LogP contribution in [-0.4, -0.2) is 58.7 Å². The molecule has 216 valence electrons. The zero-order valence-corrected chi connectivity index (χ0v) is 23.4. The molecule has 2 aromatic heterocycles. The number of carbonyl (C=O) groups excluding carboxylic acids is 1. The number of hydrogen-bond acceptors (Lipinski definition) is 9. The van der Waals surface area contributed by atoms with E-state index in [4.69, 9.17) is 14.2 Å². The number of ether oxygens (including phenoxy) is 3. The molecule has 0 aliphatic carbocycles. The van der Waals surface area contributed by atoms with Crippen molar-refractivity contribution in [1.82, 2.24) is 19.9 Å². The van der Waals surface area contributed by atoms with Crippen molar-refractivity contribution in [2.45, 2.75) is 38.5 Å². The number of benzene rings is 2. The first-order valence-corrected chi connectivity index (χ1v) is 14.1. The van der Waals surface area contributed by atoms with E-state index in [0.717, 1.165) is 56.4 Å². The van der Waals surface area contributed by atoms with Crippen LogP contribution in [0, 0.1) is 5.82 Å². The third-order valence-electron chi connectivity index (χ3n) is 7.66. The first-order chi connectivity index (χ1) is 20.6. The maximum atomic E-state index is 13.8. The molecule has 10 heteroatoms. The SMILES string of the molecule is COC(=O)c1cc(F)ccc1Oc1cncnc1N1CCC(Oc2ccnc3c2CN(Cc2ccccc2)CC3)CC1. The minimum Gasteiger partial charge on any atom is -0.490 e. The molecule has 42 heavy (non-hydrogen) atoms. The predicted molar refractivity (Wildman–Crippen MR) is 154 cm³/mol. The molecule has 0 bridgehead atoms. The van der Waals surface area contributed by atoms with Crippen LogP contribution in [0.15, 0.2) is 73.3 Å². The van der Waals surface area contributed by atoms with Gasteiger partial charge in [-0.1, -0.05) is 30.3 Å².